The third-order valence-corrected chi connectivity index (χ3v) is 6.07. The summed E-state index contributed by atoms with van der Waals surface area (Å²) in [5.41, 5.74) is 1.42. The fraction of sp³-hybridized carbons (Fsp3) is 0.208. The Balaban J connectivity index is 1.56. The van der Waals surface area contributed by atoms with Crippen LogP contribution < -0.4 is 20.3 Å². The van der Waals surface area contributed by atoms with Crippen molar-refractivity contribution in [2.24, 2.45) is 0 Å². The van der Waals surface area contributed by atoms with Crippen LogP contribution in [-0.4, -0.2) is 45.4 Å². The van der Waals surface area contributed by atoms with Crippen molar-refractivity contribution in [2.75, 3.05) is 25.3 Å². The SMILES string of the molecule is COc1ccc(CCn2c(SCC(=O)Nc3ccc(F)cc3)nc3nccnc3c2=O)cc1OC. The van der Waals surface area contributed by atoms with Gasteiger partial charge >= 0.3 is 0 Å². The van der Waals surface area contributed by atoms with E-state index in [0.29, 0.717) is 35.3 Å². The minimum absolute atomic E-state index is 0.00799. The average Bonchev–Trinajstić information content (AvgIpc) is 2.88. The molecule has 0 saturated carbocycles. The molecule has 11 heteroatoms. The molecule has 0 aliphatic carbocycles. The van der Waals surface area contributed by atoms with Gasteiger partial charge in [0.05, 0.1) is 20.0 Å². The van der Waals surface area contributed by atoms with Crippen molar-refractivity contribution < 1.29 is 18.7 Å². The van der Waals surface area contributed by atoms with Gasteiger partial charge in [-0.1, -0.05) is 17.8 Å². The maximum absolute atomic E-state index is 13.2. The summed E-state index contributed by atoms with van der Waals surface area (Å²) in [6, 6.07) is 11.0. The zero-order valence-electron chi connectivity index (χ0n) is 19.0. The number of anilines is 1. The summed E-state index contributed by atoms with van der Waals surface area (Å²) < 4.78 is 25.2. The number of carbonyl (C=O) groups is 1. The summed E-state index contributed by atoms with van der Waals surface area (Å²) in [6.07, 6.45) is 3.40. The summed E-state index contributed by atoms with van der Waals surface area (Å²) in [5.74, 6) is 0.483. The van der Waals surface area contributed by atoms with Crippen LogP contribution in [0.25, 0.3) is 11.2 Å². The number of rotatable bonds is 9. The van der Waals surface area contributed by atoms with Crippen LogP contribution in [0.1, 0.15) is 5.56 Å². The molecule has 2 heterocycles. The highest BCUT2D eigenvalue weighted by atomic mass is 32.2. The molecule has 0 radical (unpaired) electrons. The highest BCUT2D eigenvalue weighted by Crippen LogP contribution is 2.28. The number of benzene rings is 2. The van der Waals surface area contributed by atoms with E-state index in [0.717, 1.165) is 17.3 Å². The number of aromatic nitrogens is 4. The number of thioether (sulfide) groups is 1. The molecule has 180 valence electrons. The quantitative estimate of drug-likeness (QED) is 0.278. The fourth-order valence-corrected chi connectivity index (χ4v) is 4.19. The molecule has 4 aromatic rings. The summed E-state index contributed by atoms with van der Waals surface area (Å²) in [7, 11) is 3.12. The maximum Gasteiger partial charge on any atom is 0.282 e. The van der Waals surface area contributed by atoms with Crippen LogP contribution in [0, 0.1) is 5.82 Å². The number of halogens is 1. The molecule has 2 aromatic carbocycles. The van der Waals surface area contributed by atoms with Crippen LogP contribution in [-0.2, 0) is 17.8 Å². The number of nitrogens with zero attached hydrogens (tertiary/aromatic N) is 4. The number of ether oxygens (including phenoxy) is 2. The van der Waals surface area contributed by atoms with Gasteiger partial charge in [0.25, 0.3) is 5.56 Å². The first-order chi connectivity index (χ1) is 17.0. The maximum atomic E-state index is 13.2. The first-order valence-electron chi connectivity index (χ1n) is 10.6. The Hall–Kier alpha value is -3.99. The Morgan fingerprint density at radius 3 is 2.54 bits per heavy atom. The van der Waals surface area contributed by atoms with Gasteiger partial charge in [0.2, 0.25) is 5.91 Å². The molecular weight excluding hydrogens is 473 g/mol. The van der Waals surface area contributed by atoms with Gasteiger partial charge in [0.1, 0.15) is 5.82 Å². The minimum Gasteiger partial charge on any atom is -0.493 e. The van der Waals surface area contributed by atoms with Crippen LogP contribution in [0.4, 0.5) is 10.1 Å². The van der Waals surface area contributed by atoms with E-state index in [9.17, 15) is 14.0 Å². The lowest BCUT2D eigenvalue weighted by molar-refractivity contribution is -0.113. The zero-order valence-corrected chi connectivity index (χ0v) is 19.8. The van der Waals surface area contributed by atoms with E-state index >= 15 is 0 Å². The van der Waals surface area contributed by atoms with Gasteiger partial charge < -0.3 is 14.8 Å². The van der Waals surface area contributed by atoms with E-state index in [1.165, 1.54) is 41.2 Å². The van der Waals surface area contributed by atoms with Crippen molar-refractivity contribution in [1.82, 2.24) is 19.5 Å². The standard InChI is InChI=1S/C24H22FN5O4S/c1-33-18-8-3-15(13-19(18)34-2)9-12-30-23(32)21-22(27-11-10-26-21)29-24(30)35-14-20(31)28-17-6-4-16(25)5-7-17/h3-8,10-11,13H,9,12,14H2,1-2H3,(H,28,31). The van der Waals surface area contributed by atoms with Gasteiger partial charge in [-0.2, -0.15) is 0 Å². The van der Waals surface area contributed by atoms with Crippen molar-refractivity contribution in [3.63, 3.8) is 0 Å². The molecule has 2 aromatic heterocycles. The summed E-state index contributed by atoms with van der Waals surface area (Å²) in [6.45, 7) is 0.301. The predicted octanol–water partition coefficient (Wildman–Crippen LogP) is 3.32. The smallest absolute Gasteiger partial charge is 0.282 e. The van der Waals surface area contributed by atoms with E-state index in [1.54, 1.807) is 20.3 Å². The van der Waals surface area contributed by atoms with Crippen LogP contribution in [0.3, 0.4) is 0 Å². The van der Waals surface area contributed by atoms with Crippen molar-refractivity contribution in [2.45, 2.75) is 18.1 Å². The lowest BCUT2D eigenvalue weighted by Gasteiger charge is -2.13. The van der Waals surface area contributed by atoms with E-state index in [1.807, 2.05) is 12.1 Å². The molecule has 0 fully saturated rings. The Morgan fingerprint density at radius 2 is 1.80 bits per heavy atom. The minimum atomic E-state index is -0.391. The number of hydrogen-bond donors (Lipinski definition) is 1. The van der Waals surface area contributed by atoms with Gasteiger partial charge in [0, 0.05) is 24.6 Å². The number of aryl methyl sites for hydroxylation is 1. The largest absolute Gasteiger partial charge is 0.493 e. The van der Waals surface area contributed by atoms with Crippen molar-refractivity contribution >= 4 is 34.5 Å². The third kappa shape index (κ3) is 5.75. The normalized spacial score (nSPS) is 10.8. The molecule has 0 unspecified atom stereocenters. The highest BCUT2D eigenvalue weighted by Gasteiger charge is 2.15. The van der Waals surface area contributed by atoms with Gasteiger partial charge in [-0.25, -0.2) is 19.3 Å². The van der Waals surface area contributed by atoms with Crippen LogP contribution in [0.5, 0.6) is 11.5 Å². The van der Waals surface area contributed by atoms with E-state index in [2.05, 4.69) is 20.3 Å². The fourth-order valence-electron chi connectivity index (χ4n) is 3.37. The van der Waals surface area contributed by atoms with Gasteiger partial charge in [-0.05, 0) is 48.4 Å². The lowest BCUT2D eigenvalue weighted by Crippen LogP contribution is -2.26. The number of nitrogens with one attached hydrogen (secondary N) is 1. The van der Waals surface area contributed by atoms with Gasteiger partial charge in [-0.3, -0.25) is 14.2 Å². The number of methoxy groups -OCH3 is 2. The molecule has 35 heavy (non-hydrogen) atoms. The highest BCUT2D eigenvalue weighted by molar-refractivity contribution is 7.99. The van der Waals surface area contributed by atoms with E-state index in [-0.39, 0.29) is 28.4 Å². The Labute approximate surface area is 204 Å². The van der Waals surface area contributed by atoms with Crippen LogP contribution >= 0.6 is 11.8 Å². The molecule has 0 aliphatic rings. The average molecular weight is 496 g/mol. The molecule has 0 aliphatic heterocycles. The second-order valence-corrected chi connectivity index (χ2v) is 8.31. The molecule has 1 N–H and O–H groups in total. The van der Waals surface area contributed by atoms with Crippen molar-refractivity contribution in [3.8, 4) is 11.5 Å². The van der Waals surface area contributed by atoms with E-state index in [4.69, 9.17) is 9.47 Å². The summed E-state index contributed by atoms with van der Waals surface area (Å²) >= 11 is 1.11. The monoisotopic (exact) mass is 495 g/mol. The third-order valence-electron chi connectivity index (χ3n) is 5.09. The molecule has 0 spiro atoms. The molecule has 0 atom stereocenters. The first kappa shape index (κ1) is 24.1. The van der Waals surface area contributed by atoms with Crippen LogP contribution in [0.15, 0.2) is 64.8 Å². The van der Waals surface area contributed by atoms with Crippen LogP contribution in [0.2, 0.25) is 0 Å². The molecular formula is C24H22FN5O4S. The number of amides is 1. The molecule has 1 amide bonds. The first-order valence-corrected chi connectivity index (χ1v) is 11.6. The number of carbonyl (C=O) groups excluding carboxylic acids is 1. The lowest BCUT2D eigenvalue weighted by atomic mass is 10.1. The Kier molecular flexibility index (Phi) is 7.56. The predicted molar refractivity (Wildman–Crippen MR) is 131 cm³/mol. The summed E-state index contributed by atoms with van der Waals surface area (Å²) in [4.78, 5) is 38.4. The second-order valence-electron chi connectivity index (χ2n) is 7.36. The van der Waals surface area contributed by atoms with Gasteiger partial charge in [0.15, 0.2) is 27.8 Å². The van der Waals surface area contributed by atoms with Crippen molar-refractivity contribution in [3.05, 3.63) is 76.6 Å². The summed E-state index contributed by atoms with van der Waals surface area (Å²) in [5, 5.41) is 3.04. The molecule has 0 saturated heterocycles. The topological polar surface area (TPSA) is 108 Å². The van der Waals surface area contributed by atoms with Gasteiger partial charge in [-0.15, -0.1) is 0 Å². The number of hydrogen-bond acceptors (Lipinski definition) is 8. The molecule has 9 nitrogen and oxygen atoms in total. The number of fused-ring (bicyclic) bond motifs is 1. The van der Waals surface area contributed by atoms with E-state index < -0.39 is 5.82 Å². The van der Waals surface area contributed by atoms with Crippen molar-refractivity contribution in [1.29, 1.82) is 0 Å². The Morgan fingerprint density at radius 1 is 1.06 bits per heavy atom. The molecule has 0 bridgehead atoms. The zero-order chi connectivity index (χ0) is 24.8. The Bertz CT molecular complexity index is 1410. The second kappa shape index (κ2) is 11.0. The molecule has 4 rings (SSSR count).